The molecule has 434 valence electrons. The third-order valence-corrected chi connectivity index (χ3v) is 14.9. The van der Waals surface area contributed by atoms with Crippen LogP contribution in [0.3, 0.4) is 0 Å². The van der Waals surface area contributed by atoms with Gasteiger partial charge in [0.15, 0.2) is 6.10 Å². The van der Waals surface area contributed by atoms with Crippen LogP contribution in [0.15, 0.2) is 36.5 Å². The van der Waals surface area contributed by atoms with Crippen molar-refractivity contribution in [2.45, 2.75) is 367 Å². The number of hydrogen-bond donors (Lipinski definition) is 0. The quantitative estimate of drug-likeness (QED) is 0.0261. The molecule has 0 aliphatic rings. The van der Waals surface area contributed by atoms with E-state index in [9.17, 15) is 14.4 Å². The van der Waals surface area contributed by atoms with Gasteiger partial charge in [0.1, 0.15) is 13.2 Å². The first-order valence-corrected chi connectivity index (χ1v) is 33.0. The van der Waals surface area contributed by atoms with Crippen molar-refractivity contribution >= 4 is 17.9 Å². The lowest BCUT2D eigenvalue weighted by Crippen LogP contribution is -2.30. The minimum absolute atomic E-state index is 0.0738. The van der Waals surface area contributed by atoms with Crippen molar-refractivity contribution in [2.75, 3.05) is 13.2 Å². The number of esters is 3. The van der Waals surface area contributed by atoms with E-state index in [1.54, 1.807) is 0 Å². The first kappa shape index (κ1) is 71.6. The number of carbonyl (C=O) groups excluding carboxylic acids is 3. The summed E-state index contributed by atoms with van der Waals surface area (Å²) in [6.45, 7) is 6.58. The Kier molecular flexibility index (Phi) is 61.1. The Balaban J connectivity index is 3.88. The van der Waals surface area contributed by atoms with Crippen LogP contribution < -0.4 is 0 Å². The molecule has 0 saturated carbocycles. The Morgan fingerprint density at radius 3 is 0.784 bits per heavy atom. The van der Waals surface area contributed by atoms with Gasteiger partial charge >= 0.3 is 17.9 Å². The zero-order valence-electron chi connectivity index (χ0n) is 49.9. The summed E-state index contributed by atoms with van der Waals surface area (Å²) >= 11 is 0. The van der Waals surface area contributed by atoms with Gasteiger partial charge in [-0.3, -0.25) is 14.4 Å². The fourth-order valence-electron chi connectivity index (χ4n) is 9.88. The second-order valence-corrected chi connectivity index (χ2v) is 22.4. The molecule has 0 rings (SSSR count). The lowest BCUT2D eigenvalue weighted by molar-refractivity contribution is -0.167. The summed E-state index contributed by atoms with van der Waals surface area (Å²) < 4.78 is 16.8. The second kappa shape index (κ2) is 63.2. The van der Waals surface area contributed by atoms with E-state index in [1.807, 2.05) is 0 Å². The first-order valence-electron chi connectivity index (χ1n) is 33.0. The Hall–Kier alpha value is -2.37. The smallest absolute Gasteiger partial charge is 0.306 e. The highest BCUT2D eigenvalue weighted by molar-refractivity contribution is 5.71. The predicted octanol–water partition coefficient (Wildman–Crippen LogP) is 22.4. The van der Waals surface area contributed by atoms with Gasteiger partial charge in [-0.25, -0.2) is 0 Å². The molecule has 0 radical (unpaired) electrons. The lowest BCUT2D eigenvalue weighted by Gasteiger charge is -2.18. The molecule has 0 spiro atoms. The molecule has 0 saturated heterocycles. The third kappa shape index (κ3) is 60.5. The van der Waals surface area contributed by atoms with Crippen molar-refractivity contribution in [3.63, 3.8) is 0 Å². The van der Waals surface area contributed by atoms with Crippen LogP contribution in [0.1, 0.15) is 361 Å². The van der Waals surface area contributed by atoms with Gasteiger partial charge in [-0.05, 0) is 77.0 Å². The van der Waals surface area contributed by atoms with Crippen LogP contribution in [0.4, 0.5) is 0 Å². The Morgan fingerprint density at radius 2 is 0.486 bits per heavy atom. The Bertz CT molecular complexity index is 1240. The van der Waals surface area contributed by atoms with Crippen LogP contribution in [0, 0.1) is 0 Å². The van der Waals surface area contributed by atoms with Crippen molar-refractivity contribution in [1.82, 2.24) is 0 Å². The molecule has 0 bridgehead atoms. The minimum Gasteiger partial charge on any atom is -0.462 e. The van der Waals surface area contributed by atoms with Gasteiger partial charge < -0.3 is 14.2 Å². The summed E-state index contributed by atoms with van der Waals surface area (Å²) in [4.78, 5) is 37.9. The summed E-state index contributed by atoms with van der Waals surface area (Å²) in [6.07, 6.45) is 77.9. The van der Waals surface area contributed by atoms with Gasteiger partial charge in [0, 0.05) is 19.3 Å². The van der Waals surface area contributed by atoms with E-state index >= 15 is 0 Å². The predicted molar refractivity (Wildman–Crippen MR) is 321 cm³/mol. The van der Waals surface area contributed by atoms with Gasteiger partial charge in [-0.2, -0.15) is 0 Å². The van der Waals surface area contributed by atoms with Crippen LogP contribution in [0.5, 0.6) is 0 Å². The largest absolute Gasteiger partial charge is 0.462 e. The number of ether oxygens (including phenoxy) is 3. The van der Waals surface area contributed by atoms with Crippen LogP contribution in [0.25, 0.3) is 0 Å². The minimum atomic E-state index is -0.773. The molecule has 0 fully saturated rings. The van der Waals surface area contributed by atoms with Gasteiger partial charge in [0.2, 0.25) is 0 Å². The summed E-state index contributed by atoms with van der Waals surface area (Å²) in [7, 11) is 0. The maximum absolute atomic E-state index is 12.8. The molecule has 6 heteroatoms. The van der Waals surface area contributed by atoms with Crippen LogP contribution in [0.2, 0.25) is 0 Å². The Morgan fingerprint density at radius 1 is 0.270 bits per heavy atom. The molecule has 0 N–H and O–H groups in total. The molecule has 74 heavy (non-hydrogen) atoms. The number of allylic oxidation sites excluding steroid dienone is 6. The van der Waals surface area contributed by atoms with E-state index in [4.69, 9.17) is 14.2 Å². The van der Waals surface area contributed by atoms with E-state index in [-0.39, 0.29) is 31.1 Å². The molecule has 0 aliphatic heterocycles. The monoisotopic (exact) mass is 1040 g/mol. The third-order valence-electron chi connectivity index (χ3n) is 14.9. The zero-order chi connectivity index (χ0) is 53.6. The summed E-state index contributed by atoms with van der Waals surface area (Å²) in [5, 5.41) is 0. The maximum atomic E-state index is 12.8. The molecule has 0 aromatic carbocycles. The van der Waals surface area contributed by atoms with Gasteiger partial charge in [0.05, 0.1) is 0 Å². The summed E-state index contributed by atoms with van der Waals surface area (Å²) in [5.74, 6) is -0.880. The van der Waals surface area contributed by atoms with E-state index in [0.29, 0.717) is 19.3 Å². The highest BCUT2D eigenvalue weighted by atomic mass is 16.6. The van der Waals surface area contributed by atoms with Crippen molar-refractivity contribution < 1.29 is 28.6 Å². The average Bonchev–Trinajstić information content (AvgIpc) is 3.40. The molecule has 0 aromatic heterocycles. The van der Waals surface area contributed by atoms with E-state index in [0.717, 1.165) is 83.5 Å². The lowest BCUT2D eigenvalue weighted by atomic mass is 10.0. The SMILES string of the molecule is CCCCC/C=C\C/C=C\CCCCCCCC(=O)OC(COC(=O)CCCCCCCC)COC(=O)CCCCCCCCCCCCCCCCCCCCCCCCC/C=C\CCCCCCCCCC. The molecule has 0 amide bonds. The van der Waals surface area contributed by atoms with E-state index in [2.05, 4.69) is 57.2 Å². The van der Waals surface area contributed by atoms with Crippen molar-refractivity contribution in [3.05, 3.63) is 36.5 Å². The fourth-order valence-corrected chi connectivity index (χ4v) is 9.88. The Labute approximate surface area is 461 Å². The topological polar surface area (TPSA) is 78.9 Å². The van der Waals surface area contributed by atoms with Gasteiger partial charge in [-0.1, -0.05) is 301 Å². The van der Waals surface area contributed by atoms with E-state index < -0.39 is 6.10 Å². The summed E-state index contributed by atoms with van der Waals surface area (Å²) in [6, 6.07) is 0. The molecular weight excluding hydrogens is 913 g/mol. The van der Waals surface area contributed by atoms with Crippen LogP contribution in [-0.4, -0.2) is 37.2 Å². The zero-order valence-corrected chi connectivity index (χ0v) is 49.9. The number of unbranched alkanes of at least 4 members (excludes halogenated alkanes) is 44. The van der Waals surface area contributed by atoms with Crippen molar-refractivity contribution in [1.29, 1.82) is 0 Å². The fraction of sp³-hybridized carbons (Fsp3) is 0.868. The molecule has 0 aliphatic carbocycles. The number of hydrogen-bond acceptors (Lipinski definition) is 6. The standard InChI is InChI=1S/C68H126O6/c1-4-7-10-13-16-18-20-22-24-25-26-27-28-29-30-31-32-33-34-35-36-37-38-39-40-41-42-43-45-46-48-50-52-55-58-61-67(70)73-64-65(63-72-66(69)60-57-54-15-12-9-6-3)74-68(71)62-59-56-53-51-49-47-44-23-21-19-17-14-11-8-5-2/h17,19,23,25-26,44,65H,4-16,18,20-22,24,27-43,45-64H2,1-3H3/b19-17-,26-25-,44-23-. The van der Waals surface area contributed by atoms with Crippen molar-refractivity contribution in [3.8, 4) is 0 Å². The highest BCUT2D eigenvalue weighted by Gasteiger charge is 2.19. The average molecular weight is 1040 g/mol. The van der Waals surface area contributed by atoms with Crippen molar-refractivity contribution in [2.24, 2.45) is 0 Å². The molecule has 0 aromatic rings. The van der Waals surface area contributed by atoms with E-state index in [1.165, 1.54) is 238 Å². The van der Waals surface area contributed by atoms with Gasteiger partial charge in [0.25, 0.3) is 0 Å². The molecule has 1 unspecified atom stereocenters. The molecule has 6 nitrogen and oxygen atoms in total. The number of carbonyl (C=O) groups is 3. The number of rotatable bonds is 61. The molecule has 1 atom stereocenters. The van der Waals surface area contributed by atoms with Crippen LogP contribution >= 0.6 is 0 Å². The summed E-state index contributed by atoms with van der Waals surface area (Å²) in [5.41, 5.74) is 0. The normalized spacial score (nSPS) is 12.2. The second-order valence-electron chi connectivity index (χ2n) is 22.4. The maximum Gasteiger partial charge on any atom is 0.306 e. The highest BCUT2D eigenvalue weighted by Crippen LogP contribution is 2.18. The van der Waals surface area contributed by atoms with Crippen LogP contribution in [-0.2, 0) is 28.6 Å². The molecule has 0 heterocycles. The van der Waals surface area contributed by atoms with Gasteiger partial charge in [-0.15, -0.1) is 0 Å². The molecular formula is C68H126O6. The first-order chi connectivity index (χ1) is 36.5.